The predicted molar refractivity (Wildman–Crippen MR) is 69.9 cm³/mol. The molecule has 0 spiro atoms. The van der Waals surface area contributed by atoms with E-state index >= 15 is 0 Å². The highest BCUT2D eigenvalue weighted by Crippen LogP contribution is 2.27. The van der Waals surface area contributed by atoms with Gasteiger partial charge in [0.15, 0.2) is 0 Å². The average molecular weight is 245 g/mol. The van der Waals surface area contributed by atoms with E-state index in [2.05, 4.69) is 5.32 Å². The number of methoxy groups -OCH3 is 1. The maximum atomic E-state index is 12.1. The Morgan fingerprint density at radius 3 is 2.78 bits per heavy atom. The normalized spacial score (nSPS) is 10.3. The molecule has 4 nitrogen and oxygen atoms in total. The highest BCUT2D eigenvalue weighted by molar-refractivity contribution is 6.09. The lowest BCUT2D eigenvalue weighted by Gasteiger charge is -2.11. The van der Waals surface area contributed by atoms with Gasteiger partial charge in [0.2, 0.25) is 0 Å². The number of fused-ring (bicyclic) bond motifs is 1. The number of benzene rings is 2. The van der Waals surface area contributed by atoms with Gasteiger partial charge in [0.05, 0.1) is 19.3 Å². The van der Waals surface area contributed by atoms with Gasteiger partial charge in [-0.1, -0.05) is 30.3 Å². The van der Waals surface area contributed by atoms with Crippen LogP contribution in [0.1, 0.15) is 10.4 Å². The zero-order valence-corrected chi connectivity index (χ0v) is 10.1. The zero-order valence-electron chi connectivity index (χ0n) is 10.1. The van der Waals surface area contributed by atoms with Crippen LogP contribution in [0, 0.1) is 0 Å². The molecule has 4 heteroatoms. The summed E-state index contributed by atoms with van der Waals surface area (Å²) in [6.45, 7) is 0.143. The SMILES string of the molecule is COc1ccc2ccccc2c1C(=O)NCCO. The number of hydrogen-bond donors (Lipinski definition) is 2. The molecule has 1 amide bonds. The number of amides is 1. The van der Waals surface area contributed by atoms with E-state index in [9.17, 15) is 4.79 Å². The topological polar surface area (TPSA) is 58.6 Å². The van der Waals surface area contributed by atoms with Gasteiger partial charge in [-0.3, -0.25) is 4.79 Å². The molecular formula is C14H15NO3. The third-order valence-corrected chi connectivity index (χ3v) is 2.74. The largest absolute Gasteiger partial charge is 0.496 e. The second kappa shape index (κ2) is 5.51. The fraction of sp³-hybridized carbons (Fsp3) is 0.214. The maximum absolute atomic E-state index is 12.1. The Morgan fingerprint density at radius 1 is 1.28 bits per heavy atom. The van der Waals surface area contributed by atoms with E-state index in [1.807, 2.05) is 30.3 Å². The molecule has 2 N–H and O–H groups in total. The third-order valence-electron chi connectivity index (χ3n) is 2.74. The minimum absolute atomic E-state index is 0.0845. The Labute approximate surface area is 105 Å². The van der Waals surface area contributed by atoms with Crippen LogP contribution in [0.5, 0.6) is 5.75 Å². The van der Waals surface area contributed by atoms with E-state index in [-0.39, 0.29) is 19.1 Å². The van der Waals surface area contributed by atoms with Crippen LogP contribution in [-0.4, -0.2) is 31.3 Å². The summed E-state index contributed by atoms with van der Waals surface area (Å²) >= 11 is 0. The highest BCUT2D eigenvalue weighted by Gasteiger charge is 2.15. The van der Waals surface area contributed by atoms with Gasteiger partial charge >= 0.3 is 0 Å². The number of carbonyl (C=O) groups is 1. The molecule has 2 rings (SSSR count). The van der Waals surface area contributed by atoms with Gasteiger partial charge in [-0.05, 0) is 16.8 Å². The number of hydrogen-bond acceptors (Lipinski definition) is 3. The van der Waals surface area contributed by atoms with Crippen molar-refractivity contribution in [1.29, 1.82) is 0 Å². The van der Waals surface area contributed by atoms with Gasteiger partial charge < -0.3 is 15.2 Å². The molecule has 18 heavy (non-hydrogen) atoms. The van der Waals surface area contributed by atoms with Crippen molar-refractivity contribution in [1.82, 2.24) is 5.32 Å². The summed E-state index contributed by atoms with van der Waals surface area (Å²) in [6, 6.07) is 11.3. The molecular weight excluding hydrogens is 230 g/mol. The highest BCUT2D eigenvalue weighted by atomic mass is 16.5. The number of ether oxygens (including phenoxy) is 1. The number of aliphatic hydroxyl groups is 1. The lowest BCUT2D eigenvalue weighted by Crippen LogP contribution is -2.27. The van der Waals surface area contributed by atoms with E-state index in [1.165, 1.54) is 7.11 Å². The van der Waals surface area contributed by atoms with Gasteiger partial charge in [0.25, 0.3) is 5.91 Å². The number of aliphatic hydroxyl groups excluding tert-OH is 1. The van der Waals surface area contributed by atoms with Crippen molar-refractivity contribution in [2.75, 3.05) is 20.3 Å². The molecule has 0 aromatic heterocycles. The molecule has 0 atom stereocenters. The summed E-state index contributed by atoms with van der Waals surface area (Å²) in [5, 5.41) is 13.2. The Balaban J connectivity index is 2.54. The van der Waals surface area contributed by atoms with Crippen LogP contribution in [-0.2, 0) is 0 Å². The van der Waals surface area contributed by atoms with E-state index in [1.54, 1.807) is 6.07 Å². The molecule has 0 aliphatic heterocycles. The van der Waals surface area contributed by atoms with Gasteiger partial charge in [0, 0.05) is 6.54 Å². The van der Waals surface area contributed by atoms with E-state index in [0.29, 0.717) is 11.3 Å². The number of carbonyl (C=O) groups excluding carboxylic acids is 1. The summed E-state index contributed by atoms with van der Waals surface area (Å²) in [5.41, 5.74) is 0.504. The fourth-order valence-electron chi connectivity index (χ4n) is 1.91. The van der Waals surface area contributed by atoms with Crippen LogP contribution < -0.4 is 10.1 Å². The lowest BCUT2D eigenvalue weighted by atomic mass is 10.0. The molecule has 0 saturated carbocycles. The summed E-state index contributed by atoms with van der Waals surface area (Å²) in [5.74, 6) is 0.293. The molecule has 0 heterocycles. The van der Waals surface area contributed by atoms with Crippen molar-refractivity contribution in [3.05, 3.63) is 42.0 Å². The monoisotopic (exact) mass is 245 g/mol. The summed E-state index contributed by atoms with van der Waals surface area (Å²) < 4.78 is 5.23. The first-order valence-corrected chi connectivity index (χ1v) is 5.72. The van der Waals surface area contributed by atoms with Gasteiger partial charge in [-0.15, -0.1) is 0 Å². The number of rotatable bonds is 4. The van der Waals surface area contributed by atoms with Crippen molar-refractivity contribution in [2.24, 2.45) is 0 Å². The van der Waals surface area contributed by atoms with Crippen LogP contribution in [0.15, 0.2) is 36.4 Å². The van der Waals surface area contributed by atoms with Crippen molar-refractivity contribution < 1.29 is 14.6 Å². The van der Waals surface area contributed by atoms with Crippen molar-refractivity contribution in [3.63, 3.8) is 0 Å². The van der Waals surface area contributed by atoms with E-state index < -0.39 is 0 Å². The Morgan fingerprint density at radius 2 is 2.06 bits per heavy atom. The van der Waals surface area contributed by atoms with Gasteiger partial charge in [-0.2, -0.15) is 0 Å². The molecule has 0 saturated heterocycles. The van der Waals surface area contributed by atoms with Crippen LogP contribution in [0.2, 0.25) is 0 Å². The minimum Gasteiger partial charge on any atom is -0.496 e. The first-order chi connectivity index (χ1) is 8.77. The Hall–Kier alpha value is -2.07. The van der Waals surface area contributed by atoms with Crippen molar-refractivity contribution in [3.8, 4) is 5.75 Å². The molecule has 0 unspecified atom stereocenters. The standard InChI is InChI=1S/C14H15NO3/c1-18-12-7-6-10-4-2-3-5-11(10)13(12)14(17)15-8-9-16/h2-7,16H,8-9H2,1H3,(H,15,17). The van der Waals surface area contributed by atoms with Crippen LogP contribution in [0.25, 0.3) is 10.8 Å². The van der Waals surface area contributed by atoms with Crippen LogP contribution in [0.4, 0.5) is 0 Å². The van der Waals surface area contributed by atoms with Crippen LogP contribution >= 0.6 is 0 Å². The first kappa shape index (κ1) is 12.4. The first-order valence-electron chi connectivity index (χ1n) is 5.72. The second-order valence-electron chi connectivity index (χ2n) is 3.84. The average Bonchev–Trinajstić information content (AvgIpc) is 2.43. The quantitative estimate of drug-likeness (QED) is 0.859. The second-order valence-corrected chi connectivity index (χ2v) is 3.84. The Bertz CT molecular complexity index is 566. The van der Waals surface area contributed by atoms with E-state index in [0.717, 1.165) is 10.8 Å². The maximum Gasteiger partial charge on any atom is 0.255 e. The van der Waals surface area contributed by atoms with Crippen molar-refractivity contribution in [2.45, 2.75) is 0 Å². The predicted octanol–water partition coefficient (Wildman–Crippen LogP) is 1.57. The van der Waals surface area contributed by atoms with Gasteiger partial charge in [0.1, 0.15) is 5.75 Å². The Kier molecular flexibility index (Phi) is 3.79. The summed E-state index contributed by atoms with van der Waals surface area (Å²) in [7, 11) is 1.53. The molecule has 2 aromatic carbocycles. The molecule has 2 aromatic rings. The lowest BCUT2D eigenvalue weighted by molar-refractivity contribution is 0.0943. The summed E-state index contributed by atoms with van der Waals surface area (Å²) in [6.07, 6.45) is 0. The summed E-state index contributed by atoms with van der Waals surface area (Å²) in [4.78, 5) is 12.1. The molecule has 0 bridgehead atoms. The van der Waals surface area contributed by atoms with Crippen LogP contribution in [0.3, 0.4) is 0 Å². The molecule has 0 fully saturated rings. The fourth-order valence-corrected chi connectivity index (χ4v) is 1.91. The minimum atomic E-state index is -0.238. The molecule has 0 radical (unpaired) electrons. The zero-order chi connectivity index (χ0) is 13.0. The smallest absolute Gasteiger partial charge is 0.255 e. The third kappa shape index (κ3) is 2.28. The number of nitrogens with one attached hydrogen (secondary N) is 1. The molecule has 94 valence electrons. The molecule has 0 aliphatic rings. The van der Waals surface area contributed by atoms with Crippen molar-refractivity contribution >= 4 is 16.7 Å². The molecule has 0 aliphatic carbocycles. The van der Waals surface area contributed by atoms with E-state index in [4.69, 9.17) is 9.84 Å². The van der Waals surface area contributed by atoms with Gasteiger partial charge in [-0.25, -0.2) is 0 Å².